The number of pyridine rings is 1. The van der Waals surface area contributed by atoms with Gasteiger partial charge in [-0.2, -0.15) is 9.49 Å². The lowest BCUT2D eigenvalue weighted by atomic mass is 10.1. The molecule has 10 nitrogen and oxygen atoms in total. The topological polar surface area (TPSA) is 120 Å². The Labute approximate surface area is 200 Å². The SMILES string of the molecule is CS(=O)(=O)c1ccc(-n2ncc3c(OC4CCN(C(=O)c5ccnc(F)c5)CC4)ncnc32)cc1. The fraction of sp³-hybridized carbons (Fsp3) is 0.261. The molecule has 1 fully saturated rings. The molecule has 35 heavy (non-hydrogen) atoms. The highest BCUT2D eigenvalue weighted by atomic mass is 32.2. The number of sulfone groups is 1. The Kier molecular flexibility index (Phi) is 5.89. The molecule has 12 heteroatoms. The fourth-order valence-corrected chi connectivity index (χ4v) is 4.62. The minimum Gasteiger partial charge on any atom is -0.474 e. The van der Waals surface area contributed by atoms with Crippen molar-refractivity contribution in [3.63, 3.8) is 0 Å². The number of hydrogen-bond donors (Lipinski definition) is 0. The Bertz CT molecular complexity index is 1500. The maximum atomic E-state index is 13.4. The first kappa shape index (κ1) is 22.8. The van der Waals surface area contributed by atoms with Crippen molar-refractivity contribution in [2.75, 3.05) is 19.3 Å². The average molecular weight is 497 g/mol. The predicted octanol–water partition coefficient (Wildman–Crippen LogP) is 2.44. The molecule has 0 atom stereocenters. The van der Waals surface area contributed by atoms with Gasteiger partial charge in [-0.15, -0.1) is 0 Å². The minimum absolute atomic E-state index is 0.163. The van der Waals surface area contributed by atoms with E-state index in [1.54, 1.807) is 27.9 Å². The van der Waals surface area contributed by atoms with Crippen LogP contribution < -0.4 is 4.74 Å². The monoisotopic (exact) mass is 496 g/mol. The number of halogens is 1. The molecule has 4 heterocycles. The Morgan fingerprint density at radius 2 is 1.83 bits per heavy atom. The number of benzene rings is 1. The normalized spacial score (nSPS) is 14.9. The lowest BCUT2D eigenvalue weighted by molar-refractivity contribution is 0.0590. The molecule has 0 aliphatic carbocycles. The number of rotatable bonds is 5. The number of carbonyl (C=O) groups excluding carboxylic acids is 1. The van der Waals surface area contributed by atoms with E-state index in [-0.39, 0.29) is 22.5 Å². The number of hydrogen-bond acceptors (Lipinski definition) is 8. The van der Waals surface area contributed by atoms with Crippen molar-refractivity contribution in [3.8, 4) is 11.6 Å². The molecule has 1 amide bonds. The van der Waals surface area contributed by atoms with Crippen molar-refractivity contribution in [3.05, 3.63) is 66.6 Å². The maximum Gasteiger partial charge on any atom is 0.254 e. The average Bonchev–Trinajstić information content (AvgIpc) is 3.29. The number of piperidine rings is 1. The summed E-state index contributed by atoms with van der Waals surface area (Å²) < 4.78 is 44.5. The summed E-state index contributed by atoms with van der Waals surface area (Å²) in [7, 11) is -3.30. The summed E-state index contributed by atoms with van der Waals surface area (Å²) in [5.74, 6) is -0.541. The van der Waals surface area contributed by atoms with E-state index in [4.69, 9.17) is 4.74 Å². The van der Waals surface area contributed by atoms with Crippen LogP contribution in [0.1, 0.15) is 23.2 Å². The predicted molar refractivity (Wildman–Crippen MR) is 124 cm³/mol. The maximum absolute atomic E-state index is 13.4. The third-order valence-corrected chi connectivity index (χ3v) is 6.95. The summed E-state index contributed by atoms with van der Waals surface area (Å²) in [5.41, 5.74) is 1.44. The Balaban J connectivity index is 1.29. The number of carbonyl (C=O) groups is 1. The molecule has 0 unspecified atom stereocenters. The van der Waals surface area contributed by atoms with Gasteiger partial charge in [-0.3, -0.25) is 4.79 Å². The zero-order valence-corrected chi connectivity index (χ0v) is 19.5. The van der Waals surface area contributed by atoms with Gasteiger partial charge >= 0.3 is 0 Å². The summed E-state index contributed by atoms with van der Waals surface area (Å²) >= 11 is 0. The molecule has 180 valence electrons. The van der Waals surface area contributed by atoms with Crippen LogP contribution in [0.4, 0.5) is 4.39 Å². The molecule has 4 aromatic rings. The zero-order chi connectivity index (χ0) is 24.6. The molecule has 3 aromatic heterocycles. The largest absolute Gasteiger partial charge is 0.474 e. The molecule has 0 bridgehead atoms. The van der Waals surface area contributed by atoms with Crippen LogP contribution in [0.3, 0.4) is 0 Å². The molecule has 1 aliphatic heterocycles. The van der Waals surface area contributed by atoms with Crippen LogP contribution in [0.15, 0.2) is 60.0 Å². The van der Waals surface area contributed by atoms with Crippen molar-refractivity contribution in [2.45, 2.75) is 23.8 Å². The summed E-state index contributed by atoms with van der Waals surface area (Å²) in [6.45, 7) is 0.932. The van der Waals surface area contributed by atoms with Crippen LogP contribution in [0.5, 0.6) is 5.88 Å². The number of ether oxygens (including phenoxy) is 1. The quantitative estimate of drug-likeness (QED) is 0.387. The summed E-state index contributed by atoms with van der Waals surface area (Å²) in [6, 6.07) is 8.99. The first-order chi connectivity index (χ1) is 16.8. The van der Waals surface area contributed by atoms with Crippen molar-refractivity contribution < 1.29 is 22.3 Å². The molecule has 0 N–H and O–H groups in total. The Morgan fingerprint density at radius 1 is 1.09 bits per heavy atom. The number of amides is 1. The third-order valence-electron chi connectivity index (χ3n) is 5.82. The van der Waals surface area contributed by atoms with Gasteiger partial charge in [-0.05, 0) is 30.3 Å². The highest BCUT2D eigenvalue weighted by Crippen LogP contribution is 2.27. The van der Waals surface area contributed by atoms with E-state index in [1.807, 2.05) is 0 Å². The lowest BCUT2D eigenvalue weighted by Crippen LogP contribution is -2.41. The molecule has 5 rings (SSSR count). The van der Waals surface area contributed by atoms with Crippen LogP contribution >= 0.6 is 0 Å². The van der Waals surface area contributed by atoms with Gasteiger partial charge in [-0.25, -0.2) is 28.1 Å². The van der Waals surface area contributed by atoms with E-state index in [9.17, 15) is 17.6 Å². The first-order valence-electron chi connectivity index (χ1n) is 10.9. The van der Waals surface area contributed by atoms with E-state index >= 15 is 0 Å². The molecule has 0 spiro atoms. The van der Waals surface area contributed by atoms with E-state index in [0.717, 1.165) is 12.3 Å². The van der Waals surface area contributed by atoms with Crippen LogP contribution in [-0.2, 0) is 9.84 Å². The van der Waals surface area contributed by atoms with Gasteiger partial charge in [0.1, 0.15) is 17.8 Å². The van der Waals surface area contributed by atoms with E-state index < -0.39 is 15.8 Å². The number of fused-ring (bicyclic) bond motifs is 1. The van der Waals surface area contributed by atoms with Gasteiger partial charge in [0.2, 0.25) is 11.8 Å². The van der Waals surface area contributed by atoms with Crippen molar-refractivity contribution in [2.24, 2.45) is 0 Å². The standard InChI is InChI=1S/C23H21FN6O4S/c1-35(32,33)18-4-2-16(3-5-18)30-21-19(13-28-30)22(27-14-26-21)34-17-7-10-29(11-8-17)23(31)15-6-9-25-20(24)12-15/h2-6,9,12-14,17H,7-8,10-11H2,1H3. The molecule has 1 saturated heterocycles. The molecule has 0 radical (unpaired) electrons. The van der Waals surface area contributed by atoms with Gasteiger partial charge < -0.3 is 9.64 Å². The second-order valence-corrected chi connectivity index (χ2v) is 10.2. The second kappa shape index (κ2) is 9.02. The summed E-state index contributed by atoms with van der Waals surface area (Å²) in [5, 5.41) is 5.00. The Hall–Kier alpha value is -3.93. The van der Waals surface area contributed by atoms with Crippen LogP contribution in [0.25, 0.3) is 16.7 Å². The van der Waals surface area contributed by atoms with Gasteiger partial charge in [0.25, 0.3) is 5.91 Å². The first-order valence-corrected chi connectivity index (χ1v) is 12.8. The van der Waals surface area contributed by atoms with E-state index in [1.165, 1.54) is 30.7 Å². The highest BCUT2D eigenvalue weighted by Gasteiger charge is 2.26. The summed E-state index contributed by atoms with van der Waals surface area (Å²) in [4.78, 5) is 26.6. The zero-order valence-electron chi connectivity index (χ0n) is 18.7. The minimum atomic E-state index is -3.30. The van der Waals surface area contributed by atoms with Crippen LogP contribution in [0, 0.1) is 5.95 Å². The van der Waals surface area contributed by atoms with Crippen molar-refractivity contribution in [1.82, 2.24) is 29.6 Å². The molecule has 1 aromatic carbocycles. The lowest BCUT2D eigenvalue weighted by Gasteiger charge is -2.32. The third kappa shape index (κ3) is 4.69. The fourth-order valence-electron chi connectivity index (χ4n) is 3.99. The second-order valence-electron chi connectivity index (χ2n) is 8.22. The molecule has 1 aliphatic rings. The van der Waals surface area contributed by atoms with Crippen molar-refractivity contribution in [1.29, 1.82) is 0 Å². The molecular weight excluding hydrogens is 475 g/mol. The van der Waals surface area contributed by atoms with Crippen molar-refractivity contribution >= 4 is 26.8 Å². The molecule has 0 saturated carbocycles. The smallest absolute Gasteiger partial charge is 0.254 e. The molecular formula is C23H21FN6O4S. The number of likely N-dealkylation sites (tertiary alicyclic amines) is 1. The summed E-state index contributed by atoms with van der Waals surface area (Å²) in [6.07, 6.45) is 6.44. The number of aromatic nitrogens is 5. The van der Waals surface area contributed by atoms with Crippen LogP contribution in [-0.4, -0.2) is 69.4 Å². The highest BCUT2D eigenvalue weighted by molar-refractivity contribution is 7.90. The van der Waals surface area contributed by atoms with Gasteiger partial charge in [0, 0.05) is 50.0 Å². The van der Waals surface area contributed by atoms with Gasteiger partial charge in [0.15, 0.2) is 15.5 Å². The van der Waals surface area contributed by atoms with Crippen LogP contribution in [0.2, 0.25) is 0 Å². The van der Waals surface area contributed by atoms with Gasteiger partial charge in [0.05, 0.1) is 16.8 Å². The Morgan fingerprint density at radius 3 is 2.51 bits per heavy atom. The number of nitrogens with zero attached hydrogens (tertiary/aromatic N) is 6. The van der Waals surface area contributed by atoms with E-state index in [2.05, 4.69) is 20.1 Å². The van der Waals surface area contributed by atoms with Gasteiger partial charge in [-0.1, -0.05) is 0 Å². The van der Waals surface area contributed by atoms with E-state index in [0.29, 0.717) is 48.5 Å².